The fourth-order valence-electron chi connectivity index (χ4n) is 3.83. The first-order valence-electron chi connectivity index (χ1n) is 9.12. The van der Waals surface area contributed by atoms with Gasteiger partial charge in [0.15, 0.2) is 0 Å². The molecule has 5 rings (SSSR count). The van der Waals surface area contributed by atoms with Gasteiger partial charge in [0.1, 0.15) is 10.7 Å². The lowest BCUT2D eigenvalue weighted by Gasteiger charge is -2.24. The van der Waals surface area contributed by atoms with Crippen molar-refractivity contribution >= 4 is 27.2 Å². The van der Waals surface area contributed by atoms with E-state index in [4.69, 9.17) is 4.98 Å². The van der Waals surface area contributed by atoms with Gasteiger partial charge in [-0.05, 0) is 36.6 Å². The first-order chi connectivity index (χ1) is 13.2. The highest BCUT2D eigenvalue weighted by atomic mass is 32.1. The molecule has 4 aromatic rings. The van der Waals surface area contributed by atoms with Crippen LogP contribution >= 0.6 is 11.3 Å². The fourth-order valence-corrected chi connectivity index (χ4v) is 4.88. The number of H-pyrrole nitrogens is 1. The van der Waals surface area contributed by atoms with Crippen molar-refractivity contribution in [3.05, 3.63) is 82.4 Å². The van der Waals surface area contributed by atoms with Crippen LogP contribution in [0.4, 0.5) is 5.69 Å². The Morgan fingerprint density at radius 3 is 2.78 bits per heavy atom. The molecule has 2 aromatic carbocycles. The highest BCUT2D eigenvalue weighted by Crippen LogP contribution is 2.34. The number of nitrogens with one attached hydrogen (secondary N) is 1. The van der Waals surface area contributed by atoms with Gasteiger partial charge in [0.25, 0.3) is 5.56 Å². The van der Waals surface area contributed by atoms with E-state index in [1.54, 1.807) is 11.3 Å². The molecule has 0 saturated carbocycles. The summed E-state index contributed by atoms with van der Waals surface area (Å²) in [6.45, 7) is 2.83. The smallest absolute Gasteiger partial charge is 0.259 e. The quantitative estimate of drug-likeness (QED) is 0.571. The maximum atomic E-state index is 12.6. The van der Waals surface area contributed by atoms with Crippen LogP contribution in [0, 0.1) is 0 Å². The maximum absolute atomic E-state index is 12.6. The number of thiophene rings is 1. The first-order valence-corrected chi connectivity index (χ1v) is 9.93. The van der Waals surface area contributed by atoms with Crippen molar-refractivity contribution in [2.45, 2.75) is 25.9 Å². The molecule has 134 valence electrons. The third-order valence-corrected chi connectivity index (χ3v) is 6.26. The summed E-state index contributed by atoms with van der Waals surface area (Å²) in [5, 5.41) is 0.664. The van der Waals surface area contributed by atoms with Crippen molar-refractivity contribution in [3.63, 3.8) is 0 Å². The molecule has 0 radical (unpaired) electrons. The molecule has 1 aliphatic rings. The van der Waals surface area contributed by atoms with Gasteiger partial charge >= 0.3 is 0 Å². The Morgan fingerprint density at radius 1 is 1.15 bits per heavy atom. The highest BCUT2D eigenvalue weighted by Gasteiger charge is 2.26. The Labute approximate surface area is 161 Å². The summed E-state index contributed by atoms with van der Waals surface area (Å²) >= 11 is 1.57. The minimum atomic E-state index is -0.0615. The van der Waals surface area contributed by atoms with E-state index in [9.17, 15) is 4.79 Å². The van der Waals surface area contributed by atoms with E-state index in [0.29, 0.717) is 18.0 Å². The lowest BCUT2D eigenvalue weighted by molar-refractivity contribution is 0.655. The topological polar surface area (TPSA) is 49.0 Å². The minimum Gasteiger partial charge on any atom is -0.361 e. The summed E-state index contributed by atoms with van der Waals surface area (Å²) in [7, 11) is 0. The molecule has 3 heterocycles. The SMILES string of the molecule is C[C@H]1Cc2ccccc2N1Cc1nc2sc(-c3ccccc3)cc2c(=O)[nH]1. The number of aromatic amines is 1. The first kappa shape index (κ1) is 16.3. The molecule has 4 nitrogen and oxygen atoms in total. The van der Waals surface area contributed by atoms with Gasteiger partial charge in [-0.2, -0.15) is 0 Å². The fraction of sp³-hybridized carbons (Fsp3) is 0.182. The molecular weight excluding hydrogens is 354 g/mol. The van der Waals surface area contributed by atoms with Crippen molar-refractivity contribution in [1.82, 2.24) is 9.97 Å². The zero-order chi connectivity index (χ0) is 18.4. The van der Waals surface area contributed by atoms with Gasteiger partial charge in [-0.15, -0.1) is 11.3 Å². The van der Waals surface area contributed by atoms with Crippen molar-refractivity contribution in [2.24, 2.45) is 0 Å². The normalized spacial score (nSPS) is 16.0. The Kier molecular flexibility index (Phi) is 3.83. The van der Waals surface area contributed by atoms with Crippen LogP contribution < -0.4 is 10.5 Å². The number of anilines is 1. The Balaban J connectivity index is 1.53. The zero-order valence-electron chi connectivity index (χ0n) is 15.0. The number of hydrogen-bond acceptors (Lipinski definition) is 4. The van der Waals surface area contributed by atoms with Crippen molar-refractivity contribution in [2.75, 3.05) is 4.90 Å². The Hall–Kier alpha value is -2.92. The van der Waals surface area contributed by atoms with E-state index < -0.39 is 0 Å². The Morgan fingerprint density at radius 2 is 1.93 bits per heavy atom. The third-order valence-electron chi connectivity index (χ3n) is 5.18. The summed E-state index contributed by atoms with van der Waals surface area (Å²) < 4.78 is 0. The van der Waals surface area contributed by atoms with E-state index in [1.807, 2.05) is 24.3 Å². The maximum Gasteiger partial charge on any atom is 0.259 e. The van der Waals surface area contributed by atoms with E-state index in [0.717, 1.165) is 27.5 Å². The lowest BCUT2D eigenvalue weighted by atomic mass is 10.1. The number of aromatic nitrogens is 2. The molecule has 1 aliphatic heterocycles. The van der Waals surface area contributed by atoms with Crippen molar-refractivity contribution < 1.29 is 0 Å². The van der Waals surface area contributed by atoms with E-state index >= 15 is 0 Å². The van der Waals surface area contributed by atoms with Gasteiger partial charge in [-0.1, -0.05) is 48.5 Å². The van der Waals surface area contributed by atoms with Crippen LogP contribution in [0.5, 0.6) is 0 Å². The van der Waals surface area contributed by atoms with E-state index in [-0.39, 0.29) is 5.56 Å². The summed E-state index contributed by atoms with van der Waals surface area (Å²) in [5.41, 5.74) is 3.65. The molecule has 0 aliphatic carbocycles. The summed E-state index contributed by atoms with van der Waals surface area (Å²) in [6, 6.07) is 20.9. The molecule has 27 heavy (non-hydrogen) atoms. The number of rotatable bonds is 3. The second kappa shape index (κ2) is 6.35. The molecule has 5 heteroatoms. The number of para-hydroxylation sites is 1. The van der Waals surface area contributed by atoms with Crippen LogP contribution in [0.25, 0.3) is 20.7 Å². The standard InChI is InChI=1S/C22H19N3OS/c1-14-11-16-9-5-6-10-18(16)25(14)13-20-23-21(26)17-12-19(27-22(17)24-20)15-7-3-2-4-8-15/h2-10,12,14H,11,13H2,1H3,(H,23,24,26)/t14-/m0/s1. The number of fused-ring (bicyclic) bond motifs is 2. The highest BCUT2D eigenvalue weighted by molar-refractivity contribution is 7.21. The van der Waals surface area contributed by atoms with Gasteiger partial charge in [0, 0.05) is 16.6 Å². The molecule has 2 aromatic heterocycles. The summed E-state index contributed by atoms with van der Waals surface area (Å²) in [4.78, 5) is 24.6. The van der Waals surface area contributed by atoms with Crippen LogP contribution in [-0.4, -0.2) is 16.0 Å². The number of hydrogen-bond donors (Lipinski definition) is 1. The lowest BCUT2D eigenvalue weighted by Crippen LogP contribution is -2.30. The largest absolute Gasteiger partial charge is 0.361 e. The monoisotopic (exact) mass is 373 g/mol. The number of benzene rings is 2. The Bertz CT molecular complexity index is 1180. The molecular formula is C22H19N3OS. The van der Waals surface area contributed by atoms with Crippen molar-refractivity contribution in [1.29, 1.82) is 0 Å². The predicted molar refractivity (Wildman–Crippen MR) is 111 cm³/mol. The van der Waals surface area contributed by atoms with Gasteiger partial charge in [-0.3, -0.25) is 4.79 Å². The molecule has 0 unspecified atom stereocenters. The van der Waals surface area contributed by atoms with Crippen LogP contribution in [0.2, 0.25) is 0 Å². The van der Waals surface area contributed by atoms with Gasteiger partial charge in [0.05, 0.1) is 11.9 Å². The van der Waals surface area contributed by atoms with E-state index in [2.05, 4.69) is 53.2 Å². The average Bonchev–Trinajstić information content (AvgIpc) is 3.25. The second-order valence-electron chi connectivity index (χ2n) is 7.02. The molecule has 0 saturated heterocycles. The second-order valence-corrected chi connectivity index (χ2v) is 8.05. The predicted octanol–water partition coefficient (Wildman–Crippen LogP) is 4.60. The van der Waals surface area contributed by atoms with Crippen LogP contribution in [-0.2, 0) is 13.0 Å². The average molecular weight is 373 g/mol. The molecule has 1 atom stereocenters. The summed E-state index contributed by atoms with van der Waals surface area (Å²) in [5.74, 6) is 0.720. The van der Waals surface area contributed by atoms with Crippen LogP contribution in [0.3, 0.4) is 0 Å². The van der Waals surface area contributed by atoms with Crippen LogP contribution in [0.1, 0.15) is 18.3 Å². The minimum absolute atomic E-state index is 0.0615. The van der Waals surface area contributed by atoms with Gasteiger partial charge in [-0.25, -0.2) is 4.98 Å². The third kappa shape index (κ3) is 2.84. The molecule has 0 bridgehead atoms. The number of nitrogens with zero attached hydrogens (tertiary/aromatic N) is 2. The molecule has 0 spiro atoms. The van der Waals surface area contributed by atoms with E-state index in [1.165, 1.54) is 11.3 Å². The zero-order valence-corrected chi connectivity index (χ0v) is 15.8. The molecule has 1 N–H and O–H groups in total. The molecule has 0 fully saturated rings. The van der Waals surface area contributed by atoms with Gasteiger partial charge < -0.3 is 9.88 Å². The van der Waals surface area contributed by atoms with Crippen molar-refractivity contribution in [3.8, 4) is 10.4 Å². The van der Waals surface area contributed by atoms with Gasteiger partial charge in [0.2, 0.25) is 0 Å². The summed E-state index contributed by atoms with van der Waals surface area (Å²) in [6.07, 6.45) is 1.03. The molecule has 0 amide bonds. The van der Waals surface area contributed by atoms with Crippen LogP contribution in [0.15, 0.2) is 65.5 Å².